The average Bonchev–Trinajstić information content (AvgIpc) is 2.33. The molecule has 2 rings (SSSR count). The Morgan fingerprint density at radius 3 is 2.95 bits per heavy atom. The number of aliphatic hydroxyl groups is 1. The van der Waals surface area contributed by atoms with Gasteiger partial charge in [-0.2, -0.15) is 0 Å². The number of hydrogen-bond donors (Lipinski definition) is 1. The fourth-order valence-corrected chi connectivity index (χ4v) is 1.96. The second kappa shape index (κ2) is 5.63. The number of aliphatic hydroxyl groups excluding tert-OH is 1. The van der Waals surface area contributed by atoms with Crippen molar-refractivity contribution in [3.8, 4) is 11.5 Å². The summed E-state index contributed by atoms with van der Waals surface area (Å²) in [5, 5.41) is 9.96. The molecule has 1 N–H and O–H groups in total. The smallest absolute Gasteiger partial charge is 0.311 e. The van der Waals surface area contributed by atoms with Crippen LogP contribution >= 0.6 is 11.6 Å². The monoisotopic (exact) mass is 282 g/mol. The highest BCUT2D eigenvalue weighted by Crippen LogP contribution is 2.37. The van der Waals surface area contributed by atoms with Gasteiger partial charge >= 0.3 is 5.97 Å². The minimum Gasteiger partial charge on any atom is -0.460 e. The lowest BCUT2D eigenvalue weighted by Crippen LogP contribution is -2.20. The Bertz CT molecular complexity index is 536. The van der Waals surface area contributed by atoms with Crippen LogP contribution in [0, 0.1) is 0 Å². The summed E-state index contributed by atoms with van der Waals surface area (Å²) in [4.78, 5) is 11.5. The van der Waals surface area contributed by atoms with Gasteiger partial charge in [-0.05, 0) is 31.1 Å². The first kappa shape index (κ1) is 13.9. The maximum atomic E-state index is 11.5. The third kappa shape index (κ3) is 3.08. The normalized spacial score (nSPS) is 17.3. The molecular formula is C14H15ClO4. The summed E-state index contributed by atoms with van der Waals surface area (Å²) in [6.45, 7) is 3.65. The number of ether oxygens (including phenoxy) is 2. The van der Waals surface area contributed by atoms with Crippen LogP contribution in [0.25, 0.3) is 6.08 Å². The van der Waals surface area contributed by atoms with Crippen LogP contribution in [-0.2, 0) is 4.79 Å². The van der Waals surface area contributed by atoms with E-state index in [1.54, 1.807) is 19.1 Å². The van der Waals surface area contributed by atoms with E-state index in [0.29, 0.717) is 29.2 Å². The second-order valence-electron chi connectivity index (χ2n) is 4.40. The molecule has 1 aromatic carbocycles. The summed E-state index contributed by atoms with van der Waals surface area (Å²) >= 11 is 6.07. The molecule has 0 fully saturated rings. The molecule has 1 unspecified atom stereocenters. The number of carbonyl (C=O) groups is 1. The van der Waals surface area contributed by atoms with E-state index in [4.69, 9.17) is 21.1 Å². The molecule has 0 radical (unpaired) electrons. The Morgan fingerprint density at radius 1 is 1.53 bits per heavy atom. The highest BCUT2D eigenvalue weighted by molar-refractivity contribution is 6.32. The number of benzene rings is 1. The van der Waals surface area contributed by atoms with E-state index in [9.17, 15) is 9.90 Å². The van der Waals surface area contributed by atoms with Gasteiger partial charge in [0.2, 0.25) is 6.29 Å². The molecule has 102 valence electrons. The second-order valence-corrected chi connectivity index (χ2v) is 4.81. The first-order valence-electron chi connectivity index (χ1n) is 6.08. The summed E-state index contributed by atoms with van der Waals surface area (Å²) in [6.07, 6.45) is 1.84. The predicted octanol–water partition coefficient (Wildman–Crippen LogP) is 3.16. The first-order valence-corrected chi connectivity index (χ1v) is 6.46. The molecule has 0 aromatic heterocycles. The molecule has 0 spiro atoms. The lowest BCUT2D eigenvalue weighted by molar-refractivity contribution is -0.134. The highest BCUT2D eigenvalue weighted by Gasteiger charge is 2.20. The Balaban J connectivity index is 2.29. The largest absolute Gasteiger partial charge is 0.460 e. The van der Waals surface area contributed by atoms with Gasteiger partial charge in [-0.25, -0.2) is 0 Å². The Labute approximate surface area is 116 Å². The molecule has 0 saturated heterocycles. The quantitative estimate of drug-likeness (QED) is 0.683. The van der Waals surface area contributed by atoms with Crippen molar-refractivity contribution in [3.05, 3.63) is 28.3 Å². The summed E-state index contributed by atoms with van der Waals surface area (Å²) < 4.78 is 10.5. The third-order valence-electron chi connectivity index (χ3n) is 2.75. The van der Waals surface area contributed by atoms with Crippen LogP contribution in [-0.4, -0.2) is 17.4 Å². The minimum absolute atomic E-state index is 0.249. The molecule has 0 aliphatic carbocycles. The summed E-state index contributed by atoms with van der Waals surface area (Å²) in [7, 11) is 0. The standard InChI is InChI=1S/C14H15ClO4/c1-3-4-13(16)18-12-7-11-9(6-10(12)15)5-8(2)14(17)19-11/h5-7,14,17H,3-4H2,1-2H3. The lowest BCUT2D eigenvalue weighted by Gasteiger charge is -2.22. The van der Waals surface area contributed by atoms with Gasteiger partial charge in [0.05, 0.1) is 5.02 Å². The first-order chi connectivity index (χ1) is 9.01. The van der Waals surface area contributed by atoms with Crippen molar-refractivity contribution in [3.63, 3.8) is 0 Å². The van der Waals surface area contributed by atoms with Gasteiger partial charge in [-0.15, -0.1) is 0 Å². The fourth-order valence-electron chi connectivity index (χ4n) is 1.75. The van der Waals surface area contributed by atoms with Gasteiger partial charge in [0.15, 0.2) is 5.75 Å². The van der Waals surface area contributed by atoms with Gasteiger partial charge in [-0.3, -0.25) is 4.79 Å². The fraction of sp³-hybridized carbons (Fsp3) is 0.357. The van der Waals surface area contributed by atoms with E-state index in [-0.39, 0.29) is 11.7 Å². The van der Waals surface area contributed by atoms with Crippen molar-refractivity contribution in [2.75, 3.05) is 0 Å². The van der Waals surface area contributed by atoms with Crippen LogP contribution < -0.4 is 9.47 Å². The van der Waals surface area contributed by atoms with Crippen LogP contribution in [0.2, 0.25) is 5.02 Å². The van der Waals surface area contributed by atoms with Crippen LogP contribution in [0.15, 0.2) is 17.7 Å². The van der Waals surface area contributed by atoms with Crippen LogP contribution in [0.4, 0.5) is 0 Å². The molecule has 1 heterocycles. The van der Waals surface area contributed by atoms with Crippen LogP contribution in [0.1, 0.15) is 32.3 Å². The van der Waals surface area contributed by atoms with Crippen LogP contribution in [0.5, 0.6) is 11.5 Å². The van der Waals surface area contributed by atoms with Crippen molar-refractivity contribution in [2.45, 2.75) is 33.0 Å². The Kier molecular flexibility index (Phi) is 4.12. The van der Waals surface area contributed by atoms with Crippen molar-refractivity contribution in [2.24, 2.45) is 0 Å². The van der Waals surface area contributed by atoms with Gasteiger partial charge < -0.3 is 14.6 Å². The number of esters is 1. The lowest BCUT2D eigenvalue weighted by atomic mass is 10.1. The van der Waals surface area contributed by atoms with E-state index in [1.165, 1.54) is 6.07 Å². The van der Waals surface area contributed by atoms with E-state index < -0.39 is 6.29 Å². The molecule has 0 amide bonds. The van der Waals surface area contributed by atoms with Gasteiger partial charge in [0, 0.05) is 18.1 Å². The van der Waals surface area contributed by atoms with E-state index in [0.717, 1.165) is 5.56 Å². The summed E-state index contributed by atoms with van der Waals surface area (Å²) in [5.74, 6) is 0.355. The molecular weight excluding hydrogens is 268 g/mol. The number of halogens is 1. The number of fused-ring (bicyclic) bond motifs is 1. The maximum Gasteiger partial charge on any atom is 0.311 e. The molecule has 4 nitrogen and oxygen atoms in total. The molecule has 1 aliphatic heterocycles. The molecule has 5 heteroatoms. The van der Waals surface area contributed by atoms with Gasteiger partial charge in [-0.1, -0.05) is 18.5 Å². The summed E-state index contributed by atoms with van der Waals surface area (Å²) in [6, 6.07) is 3.18. The molecule has 1 aliphatic rings. The zero-order valence-electron chi connectivity index (χ0n) is 10.8. The SMILES string of the molecule is CCCC(=O)Oc1cc2c(cc1Cl)C=C(C)C(O)O2. The molecule has 0 bridgehead atoms. The van der Waals surface area contributed by atoms with E-state index in [1.807, 2.05) is 6.92 Å². The third-order valence-corrected chi connectivity index (χ3v) is 3.05. The number of rotatable bonds is 3. The zero-order chi connectivity index (χ0) is 14.0. The Hall–Kier alpha value is -1.52. The maximum absolute atomic E-state index is 11.5. The van der Waals surface area contributed by atoms with Gasteiger partial charge in [0.1, 0.15) is 5.75 Å². The minimum atomic E-state index is -0.979. The molecule has 0 saturated carbocycles. The van der Waals surface area contributed by atoms with Gasteiger partial charge in [0.25, 0.3) is 0 Å². The zero-order valence-corrected chi connectivity index (χ0v) is 11.5. The van der Waals surface area contributed by atoms with Crippen LogP contribution in [0.3, 0.4) is 0 Å². The van der Waals surface area contributed by atoms with Crippen molar-refractivity contribution < 1.29 is 19.4 Å². The van der Waals surface area contributed by atoms with Crippen molar-refractivity contribution >= 4 is 23.6 Å². The molecule has 1 atom stereocenters. The van der Waals surface area contributed by atoms with Crippen molar-refractivity contribution in [1.82, 2.24) is 0 Å². The highest BCUT2D eigenvalue weighted by atomic mass is 35.5. The topological polar surface area (TPSA) is 55.8 Å². The molecule has 19 heavy (non-hydrogen) atoms. The number of hydrogen-bond acceptors (Lipinski definition) is 4. The average molecular weight is 283 g/mol. The van der Waals surface area contributed by atoms with E-state index in [2.05, 4.69) is 0 Å². The molecule has 1 aromatic rings. The Morgan fingerprint density at radius 2 is 2.26 bits per heavy atom. The summed E-state index contributed by atoms with van der Waals surface area (Å²) in [5.41, 5.74) is 1.45. The van der Waals surface area contributed by atoms with Crippen molar-refractivity contribution in [1.29, 1.82) is 0 Å². The number of carbonyl (C=O) groups excluding carboxylic acids is 1. The van der Waals surface area contributed by atoms with E-state index >= 15 is 0 Å². The predicted molar refractivity (Wildman–Crippen MR) is 72.3 cm³/mol.